The van der Waals surface area contributed by atoms with Crippen molar-refractivity contribution in [3.05, 3.63) is 0 Å². The monoisotopic (exact) mass is 250 g/mol. The fraction of sp³-hybridized carbons (Fsp3) is 0.909. The number of amides is 1. The summed E-state index contributed by atoms with van der Waals surface area (Å²) >= 11 is 0. The highest BCUT2D eigenvalue weighted by Crippen LogP contribution is 2.22. The third-order valence-electron chi connectivity index (χ3n) is 3.22. The fourth-order valence-electron chi connectivity index (χ4n) is 1.92. The van der Waals surface area contributed by atoms with Gasteiger partial charge in [0.2, 0.25) is 5.91 Å². The number of rotatable bonds is 5. The van der Waals surface area contributed by atoms with Gasteiger partial charge >= 0.3 is 0 Å². The average Bonchev–Trinajstić information content (AvgIpc) is 2.55. The maximum atomic E-state index is 11.8. The first-order valence-corrected chi connectivity index (χ1v) is 5.66. The highest BCUT2D eigenvalue weighted by atomic mass is 35.5. The minimum atomic E-state index is 0. The number of likely N-dealkylation sites (tertiary alicyclic amines) is 1. The minimum absolute atomic E-state index is 0. The van der Waals surface area contributed by atoms with Gasteiger partial charge < -0.3 is 15.0 Å². The number of carbonyl (C=O) groups excluding carboxylic acids is 1. The molecule has 16 heavy (non-hydrogen) atoms. The van der Waals surface area contributed by atoms with E-state index in [-0.39, 0.29) is 18.3 Å². The molecule has 1 aliphatic rings. The molecule has 1 heterocycles. The van der Waals surface area contributed by atoms with Crippen molar-refractivity contribution in [1.82, 2.24) is 10.2 Å². The first kappa shape index (κ1) is 15.7. The molecule has 1 fully saturated rings. The van der Waals surface area contributed by atoms with Gasteiger partial charge in [-0.25, -0.2) is 0 Å². The quantitative estimate of drug-likeness (QED) is 0.738. The predicted octanol–water partition coefficient (Wildman–Crippen LogP) is 0.901. The molecule has 4 nitrogen and oxygen atoms in total. The summed E-state index contributed by atoms with van der Waals surface area (Å²) in [4.78, 5) is 13.8. The Kier molecular flexibility index (Phi) is 7.72. The lowest BCUT2D eigenvalue weighted by Gasteiger charge is -2.23. The molecule has 0 aliphatic carbocycles. The molecular weight excluding hydrogens is 228 g/mol. The average molecular weight is 251 g/mol. The van der Waals surface area contributed by atoms with Crippen molar-refractivity contribution in [3.8, 4) is 0 Å². The Morgan fingerprint density at radius 2 is 2.19 bits per heavy atom. The second-order valence-corrected chi connectivity index (χ2v) is 4.26. The van der Waals surface area contributed by atoms with Crippen LogP contribution in [0.2, 0.25) is 0 Å². The van der Waals surface area contributed by atoms with E-state index in [4.69, 9.17) is 4.74 Å². The Balaban J connectivity index is 0.00000225. The second kappa shape index (κ2) is 7.87. The van der Waals surface area contributed by atoms with Gasteiger partial charge in [0.05, 0.1) is 13.2 Å². The van der Waals surface area contributed by atoms with Crippen LogP contribution in [0.3, 0.4) is 0 Å². The Morgan fingerprint density at radius 1 is 1.50 bits per heavy atom. The molecule has 2 atom stereocenters. The normalized spacial score (nSPS) is 24.3. The lowest BCUT2D eigenvalue weighted by atomic mass is 10.1. The molecule has 0 aromatic heterocycles. The molecular formula is C11H23ClN2O2. The molecule has 0 radical (unpaired) electrons. The zero-order valence-electron chi connectivity index (χ0n) is 10.4. The Morgan fingerprint density at radius 3 is 2.69 bits per heavy atom. The van der Waals surface area contributed by atoms with Crippen molar-refractivity contribution < 1.29 is 9.53 Å². The third kappa shape index (κ3) is 4.28. The van der Waals surface area contributed by atoms with Crippen LogP contribution in [0.15, 0.2) is 0 Å². The summed E-state index contributed by atoms with van der Waals surface area (Å²) in [5.74, 6) is 0.843. The lowest BCUT2D eigenvalue weighted by Crippen LogP contribution is -2.41. The molecule has 0 aromatic carbocycles. The van der Waals surface area contributed by atoms with E-state index in [9.17, 15) is 4.79 Å². The summed E-state index contributed by atoms with van der Waals surface area (Å²) in [5, 5.41) is 3.08. The van der Waals surface area contributed by atoms with E-state index in [1.165, 1.54) is 0 Å². The van der Waals surface area contributed by atoms with Crippen LogP contribution in [-0.4, -0.2) is 50.2 Å². The zero-order valence-corrected chi connectivity index (χ0v) is 11.2. The van der Waals surface area contributed by atoms with E-state index in [1.54, 1.807) is 7.11 Å². The van der Waals surface area contributed by atoms with Crippen molar-refractivity contribution in [2.45, 2.75) is 26.3 Å². The molecule has 96 valence electrons. The number of nitrogens with zero attached hydrogens (tertiary/aromatic N) is 1. The summed E-state index contributed by atoms with van der Waals surface area (Å²) in [7, 11) is 1.66. The zero-order chi connectivity index (χ0) is 11.3. The topological polar surface area (TPSA) is 41.6 Å². The summed E-state index contributed by atoms with van der Waals surface area (Å²) in [6.07, 6.45) is 1.13. The van der Waals surface area contributed by atoms with Crippen LogP contribution in [0.1, 0.15) is 20.3 Å². The summed E-state index contributed by atoms with van der Waals surface area (Å²) in [5.41, 5.74) is 0. The van der Waals surface area contributed by atoms with Gasteiger partial charge in [-0.1, -0.05) is 6.92 Å². The van der Waals surface area contributed by atoms with Gasteiger partial charge in [-0.2, -0.15) is 0 Å². The van der Waals surface area contributed by atoms with Crippen LogP contribution >= 0.6 is 12.4 Å². The van der Waals surface area contributed by atoms with Gasteiger partial charge in [-0.05, 0) is 19.3 Å². The van der Waals surface area contributed by atoms with Gasteiger partial charge in [-0.15, -0.1) is 12.4 Å². The van der Waals surface area contributed by atoms with E-state index in [2.05, 4.69) is 19.2 Å². The Hall–Kier alpha value is -0.320. The molecule has 0 aromatic rings. The second-order valence-electron chi connectivity index (χ2n) is 4.26. The molecule has 0 saturated carbocycles. The Bertz CT molecular complexity index is 214. The Labute approximate surface area is 104 Å². The van der Waals surface area contributed by atoms with Crippen molar-refractivity contribution in [2.24, 2.45) is 5.92 Å². The van der Waals surface area contributed by atoms with Crippen LogP contribution in [0.5, 0.6) is 0 Å². The first-order valence-electron chi connectivity index (χ1n) is 5.66. The number of nitrogens with one attached hydrogen (secondary N) is 1. The molecule has 1 rings (SSSR count). The van der Waals surface area contributed by atoms with Crippen LogP contribution < -0.4 is 5.32 Å². The number of methoxy groups -OCH3 is 1. The van der Waals surface area contributed by atoms with Crippen molar-refractivity contribution in [3.63, 3.8) is 0 Å². The lowest BCUT2D eigenvalue weighted by molar-refractivity contribution is -0.131. The van der Waals surface area contributed by atoms with E-state index in [1.807, 2.05) is 4.90 Å². The predicted molar refractivity (Wildman–Crippen MR) is 66.9 cm³/mol. The highest BCUT2D eigenvalue weighted by Gasteiger charge is 2.30. The molecule has 2 unspecified atom stereocenters. The molecule has 1 aliphatic heterocycles. The third-order valence-corrected chi connectivity index (χ3v) is 3.22. The van der Waals surface area contributed by atoms with Gasteiger partial charge in [0.15, 0.2) is 0 Å². The van der Waals surface area contributed by atoms with Crippen molar-refractivity contribution in [1.29, 1.82) is 0 Å². The molecule has 1 amide bonds. The largest absolute Gasteiger partial charge is 0.383 e. The SMILES string of the molecule is COCCNCC(=O)N1CCC(C)C1C.Cl. The number of hydrogen-bond donors (Lipinski definition) is 1. The van der Waals surface area contributed by atoms with Crippen LogP contribution in [0, 0.1) is 5.92 Å². The summed E-state index contributed by atoms with van der Waals surface area (Å²) in [6.45, 7) is 7.06. The molecule has 5 heteroatoms. The molecule has 1 saturated heterocycles. The molecule has 0 spiro atoms. The van der Waals surface area contributed by atoms with Gasteiger partial charge in [0.25, 0.3) is 0 Å². The highest BCUT2D eigenvalue weighted by molar-refractivity contribution is 5.85. The van der Waals surface area contributed by atoms with Crippen molar-refractivity contribution >= 4 is 18.3 Å². The van der Waals surface area contributed by atoms with Crippen LogP contribution in [0.25, 0.3) is 0 Å². The van der Waals surface area contributed by atoms with E-state index >= 15 is 0 Å². The van der Waals surface area contributed by atoms with E-state index < -0.39 is 0 Å². The van der Waals surface area contributed by atoms with Gasteiger partial charge in [-0.3, -0.25) is 4.79 Å². The number of carbonyl (C=O) groups is 1. The minimum Gasteiger partial charge on any atom is -0.383 e. The molecule has 0 bridgehead atoms. The standard InChI is InChI=1S/C11H22N2O2.ClH/c1-9-4-6-13(10(9)2)11(14)8-12-5-7-15-3;/h9-10,12H,4-8H2,1-3H3;1H. The number of halogens is 1. The van der Waals surface area contributed by atoms with Crippen LogP contribution in [0.4, 0.5) is 0 Å². The van der Waals surface area contributed by atoms with Crippen LogP contribution in [-0.2, 0) is 9.53 Å². The van der Waals surface area contributed by atoms with Gasteiger partial charge in [0, 0.05) is 26.2 Å². The van der Waals surface area contributed by atoms with Gasteiger partial charge in [0.1, 0.15) is 0 Å². The smallest absolute Gasteiger partial charge is 0.236 e. The van der Waals surface area contributed by atoms with Crippen molar-refractivity contribution in [2.75, 3.05) is 33.4 Å². The maximum absolute atomic E-state index is 11.8. The fourth-order valence-corrected chi connectivity index (χ4v) is 1.92. The maximum Gasteiger partial charge on any atom is 0.236 e. The number of hydrogen-bond acceptors (Lipinski definition) is 3. The number of ether oxygens (including phenoxy) is 1. The summed E-state index contributed by atoms with van der Waals surface area (Å²) in [6, 6.07) is 0.390. The van der Waals surface area contributed by atoms with E-state index in [0.717, 1.165) is 19.5 Å². The summed E-state index contributed by atoms with van der Waals surface area (Å²) < 4.78 is 4.90. The van der Waals surface area contributed by atoms with E-state index in [0.29, 0.717) is 25.1 Å². The molecule has 1 N–H and O–H groups in total. The first-order chi connectivity index (χ1) is 7.16.